The number of rotatable bonds is 3. The first-order valence-electron chi connectivity index (χ1n) is 10.6. The van der Waals surface area contributed by atoms with Gasteiger partial charge in [-0.1, -0.05) is 29.8 Å². The first-order valence-corrected chi connectivity index (χ1v) is 11.0. The highest BCUT2D eigenvalue weighted by Gasteiger charge is 2.56. The number of hydrogen-bond donors (Lipinski definition) is 1. The van der Waals surface area contributed by atoms with E-state index in [0.717, 1.165) is 11.6 Å². The minimum Gasteiger partial charge on any atom is -0.374 e. The quantitative estimate of drug-likeness (QED) is 0.595. The minimum atomic E-state index is -4.59. The zero-order valence-corrected chi connectivity index (χ0v) is 18.8. The van der Waals surface area contributed by atoms with Crippen molar-refractivity contribution < 1.29 is 23.1 Å². The Hall–Kier alpha value is -3.01. The summed E-state index contributed by atoms with van der Waals surface area (Å²) < 4.78 is 39.4. The van der Waals surface area contributed by atoms with Crippen LogP contribution in [0.4, 0.5) is 13.2 Å². The van der Waals surface area contributed by atoms with E-state index in [-0.39, 0.29) is 17.2 Å². The molecule has 0 saturated carbocycles. The molecule has 0 radical (unpaired) electrons. The van der Waals surface area contributed by atoms with Crippen molar-refractivity contribution >= 4 is 17.5 Å². The van der Waals surface area contributed by atoms with Gasteiger partial charge in [0.2, 0.25) is 0 Å². The van der Waals surface area contributed by atoms with E-state index in [1.54, 1.807) is 52.4 Å². The van der Waals surface area contributed by atoms with Gasteiger partial charge in [-0.05, 0) is 42.8 Å². The molecule has 1 saturated heterocycles. The number of aromatic nitrogens is 2. The van der Waals surface area contributed by atoms with Crippen LogP contribution in [0.3, 0.4) is 0 Å². The number of nitrogens with zero attached hydrogens (tertiary/aromatic N) is 4. The van der Waals surface area contributed by atoms with E-state index in [1.165, 1.54) is 13.0 Å². The van der Waals surface area contributed by atoms with Gasteiger partial charge in [-0.25, -0.2) is 9.88 Å². The van der Waals surface area contributed by atoms with Crippen LogP contribution in [0, 0.1) is 6.92 Å². The Balaban J connectivity index is 1.64. The molecule has 5 rings (SSSR count). The Bertz CT molecular complexity index is 1270. The number of carbonyl (C=O) groups excluding carboxylic acids is 1. The van der Waals surface area contributed by atoms with Crippen molar-refractivity contribution in [1.29, 1.82) is 0 Å². The summed E-state index contributed by atoms with van der Waals surface area (Å²) in [6, 6.07) is 12.5. The molecule has 34 heavy (non-hydrogen) atoms. The van der Waals surface area contributed by atoms with E-state index in [2.05, 4.69) is 9.97 Å². The summed E-state index contributed by atoms with van der Waals surface area (Å²) in [5.74, 6) is -0.221. The third kappa shape index (κ3) is 3.46. The van der Waals surface area contributed by atoms with Gasteiger partial charge in [0.05, 0.1) is 11.3 Å². The maximum absolute atomic E-state index is 13.5. The van der Waals surface area contributed by atoms with Gasteiger partial charge in [0.1, 0.15) is 17.6 Å². The third-order valence-corrected chi connectivity index (χ3v) is 6.81. The first-order chi connectivity index (χ1) is 16.1. The number of alkyl halides is 3. The number of aryl methyl sites for hydroxylation is 1. The summed E-state index contributed by atoms with van der Waals surface area (Å²) in [5.41, 5.74) is -0.0264. The molecule has 1 fully saturated rings. The van der Waals surface area contributed by atoms with E-state index in [0.29, 0.717) is 35.8 Å². The molecule has 4 heterocycles. The smallest absolute Gasteiger partial charge is 0.374 e. The average Bonchev–Trinajstić information content (AvgIpc) is 3.19. The predicted octanol–water partition coefficient (Wildman–Crippen LogP) is 4.32. The van der Waals surface area contributed by atoms with Gasteiger partial charge in [-0.3, -0.25) is 9.78 Å². The van der Waals surface area contributed by atoms with Gasteiger partial charge in [-0.2, -0.15) is 13.2 Å². The largest absolute Gasteiger partial charge is 0.433 e. The van der Waals surface area contributed by atoms with Gasteiger partial charge >= 0.3 is 6.18 Å². The molecule has 2 unspecified atom stereocenters. The van der Waals surface area contributed by atoms with Crippen molar-refractivity contribution in [3.63, 3.8) is 0 Å². The summed E-state index contributed by atoms with van der Waals surface area (Å²) in [5, 5.41) is 12.0. The van der Waals surface area contributed by atoms with E-state index in [4.69, 9.17) is 11.6 Å². The normalized spacial score (nSPS) is 21.4. The molecule has 0 spiro atoms. The van der Waals surface area contributed by atoms with Crippen molar-refractivity contribution in [2.75, 3.05) is 13.1 Å². The lowest BCUT2D eigenvalue weighted by molar-refractivity contribution is -0.141. The zero-order valence-electron chi connectivity index (χ0n) is 18.1. The predicted molar refractivity (Wildman–Crippen MR) is 118 cm³/mol. The fourth-order valence-electron chi connectivity index (χ4n) is 4.99. The van der Waals surface area contributed by atoms with Crippen molar-refractivity contribution in [2.24, 2.45) is 0 Å². The van der Waals surface area contributed by atoms with Crippen molar-refractivity contribution in [2.45, 2.75) is 31.4 Å². The molecule has 0 bridgehead atoms. The number of aliphatic hydroxyl groups excluding tert-OH is 1. The van der Waals surface area contributed by atoms with Crippen molar-refractivity contribution in [3.05, 3.63) is 93.5 Å². The Kier molecular flexibility index (Phi) is 5.38. The molecule has 0 aliphatic carbocycles. The summed E-state index contributed by atoms with van der Waals surface area (Å²) in [7, 11) is 0. The van der Waals surface area contributed by atoms with Crippen LogP contribution in [-0.2, 0) is 18.3 Å². The van der Waals surface area contributed by atoms with Gasteiger partial charge in [-0.15, -0.1) is 0 Å². The fourth-order valence-corrected chi connectivity index (χ4v) is 5.11. The van der Waals surface area contributed by atoms with Gasteiger partial charge in [0.25, 0.3) is 5.91 Å². The van der Waals surface area contributed by atoms with Crippen LogP contribution in [0.15, 0.2) is 54.7 Å². The third-order valence-electron chi connectivity index (χ3n) is 6.56. The Morgan fingerprint density at radius 3 is 2.53 bits per heavy atom. The lowest BCUT2D eigenvalue weighted by Crippen LogP contribution is -2.58. The summed E-state index contributed by atoms with van der Waals surface area (Å²) >= 11 is 6.11. The van der Waals surface area contributed by atoms with Crippen LogP contribution in [0.25, 0.3) is 0 Å². The van der Waals surface area contributed by atoms with E-state index in [1.807, 2.05) is 0 Å². The molecule has 2 aliphatic heterocycles. The molecule has 2 atom stereocenters. The maximum atomic E-state index is 13.5. The minimum absolute atomic E-state index is 0.0627. The molecule has 1 aromatic carbocycles. The second-order valence-electron chi connectivity index (χ2n) is 8.39. The lowest BCUT2D eigenvalue weighted by atomic mass is 9.85. The van der Waals surface area contributed by atoms with Crippen LogP contribution in [0.1, 0.15) is 44.8 Å². The molecule has 176 valence electrons. The van der Waals surface area contributed by atoms with E-state index in [9.17, 15) is 23.1 Å². The van der Waals surface area contributed by atoms with Crippen LogP contribution in [0.5, 0.6) is 0 Å². The van der Waals surface area contributed by atoms with Crippen molar-refractivity contribution in [1.82, 2.24) is 19.8 Å². The Morgan fingerprint density at radius 1 is 1.12 bits per heavy atom. The number of fused-ring (bicyclic) bond motifs is 2. The molecule has 3 aromatic rings. The maximum Gasteiger partial charge on any atom is 0.433 e. The monoisotopic (exact) mass is 488 g/mol. The zero-order chi connectivity index (χ0) is 24.3. The number of benzene rings is 1. The number of halogens is 4. The highest BCUT2D eigenvalue weighted by Crippen LogP contribution is 2.48. The molecule has 10 heteroatoms. The fraction of sp³-hybridized carbons (Fsp3) is 0.292. The summed E-state index contributed by atoms with van der Waals surface area (Å²) in [6.07, 6.45) is -4.00. The topological polar surface area (TPSA) is 69.6 Å². The molecule has 6 nitrogen and oxygen atoms in total. The SMILES string of the molecule is Cc1nc(C(F)(F)F)ccc1C(O)N1CCN2C(=O)c3cccnc3CC21c1ccc(Cl)cc1. The standard InChI is InChI=1S/C24H20ClF3N4O2/c1-14-17(8-9-20(30-14)24(26,27)28)21(33)31-11-12-32-22(34)18-3-2-10-29-19(18)13-23(31,32)15-4-6-16(25)7-5-15/h2-10,21,33H,11-13H2,1H3. The highest BCUT2D eigenvalue weighted by atomic mass is 35.5. The average molecular weight is 489 g/mol. The molecular formula is C24H20ClF3N4O2. The van der Waals surface area contributed by atoms with Crippen LogP contribution < -0.4 is 0 Å². The lowest BCUT2D eigenvalue weighted by Gasteiger charge is -2.48. The Morgan fingerprint density at radius 2 is 1.85 bits per heavy atom. The molecule has 2 aromatic heterocycles. The first kappa shape index (κ1) is 22.8. The molecule has 1 N–H and O–H groups in total. The molecular weight excluding hydrogens is 469 g/mol. The molecule has 1 amide bonds. The number of hydrogen-bond acceptors (Lipinski definition) is 5. The number of carbonyl (C=O) groups is 1. The second-order valence-corrected chi connectivity index (χ2v) is 8.83. The molecule has 2 aliphatic rings. The summed E-state index contributed by atoms with van der Waals surface area (Å²) in [6.45, 7) is 2.05. The van der Waals surface area contributed by atoms with Crippen LogP contribution in [0.2, 0.25) is 5.02 Å². The van der Waals surface area contributed by atoms with Crippen LogP contribution >= 0.6 is 11.6 Å². The summed E-state index contributed by atoms with van der Waals surface area (Å²) in [4.78, 5) is 25.0. The van der Waals surface area contributed by atoms with Crippen molar-refractivity contribution in [3.8, 4) is 0 Å². The van der Waals surface area contributed by atoms with E-state index >= 15 is 0 Å². The number of pyridine rings is 2. The van der Waals surface area contributed by atoms with Gasteiger partial charge < -0.3 is 10.0 Å². The number of amides is 1. The highest BCUT2D eigenvalue weighted by molar-refractivity contribution is 6.30. The van der Waals surface area contributed by atoms with Gasteiger partial charge in [0, 0.05) is 42.0 Å². The van der Waals surface area contributed by atoms with E-state index < -0.39 is 23.8 Å². The van der Waals surface area contributed by atoms with Crippen LogP contribution in [-0.4, -0.2) is 43.9 Å². The Labute approximate surface area is 198 Å². The number of aliphatic hydroxyl groups is 1. The van der Waals surface area contributed by atoms with Gasteiger partial charge in [0.15, 0.2) is 0 Å². The second kappa shape index (κ2) is 8.04.